The molecule has 0 unspecified atom stereocenters. The van der Waals surface area contributed by atoms with Crippen molar-refractivity contribution in [3.8, 4) is 0 Å². The third-order valence-corrected chi connectivity index (χ3v) is 5.31. The largest absolute Gasteiger partial charge is 0.314 e. The fourth-order valence-electron chi connectivity index (χ4n) is 3.70. The van der Waals surface area contributed by atoms with E-state index in [2.05, 4.69) is 22.2 Å². The summed E-state index contributed by atoms with van der Waals surface area (Å²) >= 11 is 6.39. The molecular weight excluding hydrogens is 260 g/mol. The van der Waals surface area contributed by atoms with E-state index in [1.165, 1.54) is 31.2 Å². The van der Waals surface area contributed by atoms with Crippen LogP contribution < -0.4 is 5.32 Å². The summed E-state index contributed by atoms with van der Waals surface area (Å²) in [5.41, 5.74) is 2.64. The van der Waals surface area contributed by atoms with Crippen molar-refractivity contribution in [2.45, 2.75) is 44.7 Å². The molecule has 1 aromatic rings. The molecule has 106 valence electrons. The van der Waals surface area contributed by atoms with Crippen LogP contribution in [0.1, 0.15) is 36.9 Å². The number of nitrogens with zero attached hydrogens (tertiary/aromatic N) is 3. The van der Waals surface area contributed by atoms with Crippen LogP contribution in [-0.4, -0.2) is 39.9 Å². The molecule has 0 bridgehead atoms. The van der Waals surface area contributed by atoms with Gasteiger partial charge in [-0.15, -0.1) is 0 Å². The Labute approximate surface area is 120 Å². The number of hydrogen-bond acceptors (Lipinski definition) is 3. The van der Waals surface area contributed by atoms with Gasteiger partial charge in [-0.25, -0.2) is 0 Å². The van der Waals surface area contributed by atoms with Crippen molar-refractivity contribution < 1.29 is 0 Å². The van der Waals surface area contributed by atoms with Gasteiger partial charge >= 0.3 is 0 Å². The predicted octanol–water partition coefficient (Wildman–Crippen LogP) is 2.10. The van der Waals surface area contributed by atoms with Gasteiger partial charge in [0, 0.05) is 44.3 Å². The molecule has 0 atom stereocenters. The highest BCUT2D eigenvalue weighted by Gasteiger charge is 2.41. The molecule has 2 fully saturated rings. The maximum absolute atomic E-state index is 6.39. The van der Waals surface area contributed by atoms with E-state index < -0.39 is 0 Å². The third-order valence-electron chi connectivity index (χ3n) is 4.84. The van der Waals surface area contributed by atoms with Gasteiger partial charge in [-0.05, 0) is 19.8 Å². The van der Waals surface area contributed by atoms with Gasteiger partial charge < -0.3 is 5.32 Å². The van der Waals surface area contributed by atoms with E-state index in [0.29, 0.717) is 5.54 Å². The molecule has 1 spiro atoms. The highest BCUT2D eigenvalue weighted by Crippen LogP contribution is 2.37. The minimum atomic E-state index is 0.365. The minimum Gasteiger partial charge on any atom is -0.314 e. The second-order valence-corrected chi connectivity index (χ2v) is 6.37. The number of rotatable bonds is 2. The maximum atomic E-state index is 6.39. The van der Waals surface area contributed by atoms with Crippen LogP contribution in [-0.2, 0) is 13.6 Å². The monoisotopic (exact) mass is 282 g/mol. The normalized spacial score (nSPS) is 23.3. The molecule has 3 rings (SSSR count). The molecule has 2 heterocycles. The van der Waals surface area contributed by atoms with Crippen molar-refractivity contribution >= 4 is 11.6 Å². The Morgan fingerprint density at radius 3 is 2.74 bits per heavy atom. The van der Waals surface area contributed by atoms with E-state index in [1.54, 1.807) is 4.68 Å². The van der Waals surface area contributed by atoms with Gasteiger partial charge in [0.2, 0.25) is 0 Å². The van der Waals surface area contributed by atoms with Crippen molar-refractivity contribution in [3.05, 3.63) is 16.4 Å². The van der Waals surface area contributed by atoms with E-state index in [4.69, 9.17) is 11.6 Å². The second-order valence-electron chi connectivity index (χ2n) is 6.01. The average Bonchev–Trinajstić information content (AvgIpc) is 2.94. The fraction of sp³-hybridized carbons (Fsp3) is 0.786. The molecule has 1 N–H and O–H groups in total. The van der Waals surface area contributed by atoms with E-state index in [-0.39, 0.29) is 0 Å². The standard InChI is InChI=1S/C14H23ClN4/c1-11-12(13(15)18(2)17-11)9-19-8-7-16-10-14(19)5-3-4-6-14/h16H,3-10H2,1-2H3. The summed E-state index contributed by atoms with van der Waals surface area (Å²) in [6.45, 7) is 6.33. The fourth-order valence-corrected chi connectivity index (χ4v) is 3.94. The molecule has 1 aliphatic heterocycles. The molecule has 19 heavy (non-hydrogen) atoms. The first kappa shape index (κ1) is 13.4. The lowest BCUT2D eigenvalue weighted by Crippen LogP contribution is -2.59. The van der Waals surface area contributed by atoms with E-state index >= 15 is 0 Å². The summed E-state index contributed by atoms with van der Waals surface area (Å²) in [4.78, 5) is 2.65. The zero-order chi connectivity index (χ0) is 13.5. The van der Waals surface area contributed by atoms with Gasteiger partial charge in [0.25, 0.3) is 0 Å². The number of halogens is 1. The van der Waals surface area contributed by atoms with Crippen LogP contribution >= 0.6 is 11.6 Å². The Balaban J connectivity index is 1.84. The van der Waals surface area contributed by atoms with Crippen LogP contribution in [0.2, 0.25) is 5.15 Å². The smallest absolute Gasteiger partial charge is 0.131 e. The number of nitrogens with one attached hydrogen (secondary N) is 1. The van der Waals surface area contributed by atoms with E-state index in [0.717, 1.165) is 37.0 Å². The molecule has 0 radical (unpaired) electrons. The van der Waals surface area contributed by atoms with E-state index in [1.807, 2.05) is 7.05 Å². The highest BCUT2D eigenvalue weighted by atomic mass is 35.5. The molecule has 0 aromatic carbocycles. The first-order valence-corrected chi connectivity index (χ1v) is 7.64. The molecule has 1 saturated heterocycles. The van der Waals surface area contributed by atoms with Gasteiger partial charge in [0.1, 0.15) is 5.15 Å². The van der Waals surface area contributed by atoms with Crippen molar-refractivity contribution in [1.29, 1.82) is 0 Å². The summed E-state index contributed by atoms with van der Waals surface area (Å²) in [5, 5.41) is 8.80. The van der Waals surface area contributed by atoms with Crippen molar-refractivity contribution in [1.82, 2.24) is 20.0 Å². The number of aromatic nitrogens is 2. The number of piperazine rings is 1. The molecule has 5 heteroatoms. The molecule has 4 nitrogen and oxygen atoms in total. The average molecular weight is 283 g/mol. The summed E-state index contributed by atoms with van der Waals surface area (Å²) in [6.07, 6.45) is 5.35. The summed E-state index contributed by atoms with van der Waals surface area (Å²) < 4.78 is 1.79. The molecule has 2 aliphatic rings. The lowest BCUT2D eigenvalue weighted by Gasteiger charge is -2.45. The SMILES string of the molecule is Cc1nn(C)c(Cl)c1CN1CCNCC12CCCC2. The van der Waals surface area contributed by atoms with Gasteiger partial charge in [0.15, 0.2) is 0 Å². The Kier molecular flexibility index (Phi) is 3.58. The first-order valence-electron chi connectivity index (χ1n) is 7.26. The maximum Gasteiger partial charge on any atom is 0.131 e. The number of hydrogen-bond donors (Lipinski definition) is 1. The van der Waals surface area contributed by atoms with Gasteiger partial charge in [0.05, 0.1) is 5.69 Å². The van der Waals surface area contributed by atoms with Crippen molar-refractivity contribution in [2.24, 2.45) is 7.05 Å². The lowest BCUT2D eigenvalue weighted by molar-refractivity contribution is 0.0571. The van der Waals surface area contributed by atoms with Crippen LogP contribution in [0.3, 0.4) is 0 Å². The third kappa shape index (κ3) is 2.30. The molecule has 1 aliphatic carbocycles. The predicted molar refractivity (Wildman–Crippen MR) is 77.4 cm³/mol. The first-order chi connectivity index (χ1) is 9.12. The van der Waals surface area contributed by atoms with Gasteiger partial charge in [-0.2, -0.15) is 5.10 Å². The van der Waals surface area contributed by atoms with Gasteiger partial charge in [-0.3, -0.25) is 9.58 Å². The Hall–Kier alpha value is -0.580. The van der Waals surface area contributed by atoms with Crippen LogP contribution in [0.25, 0.3) is 0 Å². The van der Waals surface area contributed by atoms with Gasteiger partial charge in [-0.1, -0.05) is 24.4 Å². The van der Waals surface area contributed by atoms with Crippen LogP contribution in [0.15, 0.2) is 0 Å². The highest BCUT2D eigenvalue weighted by molar-refractivity contribution is 6.30. The Bertz CT molecular complexity index is 462. The molecule has 1 aromatic heterocycles. The molecular formula is C14H23ClN4. The zero-order valence-corrected chi connectivity index (χ0v) is 12.6. The van der Waals surface area contributed by atoms with Crippen LogP contribution in [0, 0.1) is 6.92 Å². The molecule has 1 saturated carbocycles. The summed E-state index contributed by atoms with van der Waals surface area (Å²) in [7, 11) is 1.92. The second kappa shape index (κ2) is 5.08. The zero-order valence-electron chi connectivity index (χ0n) is 11.9. The quantitative estimate of drug-likeness (QED) is 0.902. The van der Waals surface area contributed by atoms with Crippen LogP contribution in [0.5, 0.6) is 0 Å². The Morgan fingerprint density at radius 2 is 2.11 bits per heavy atom. The minimum absolute atomic E-state index is 0.365. The van der Waals surface area contributed by atoms with Crippen LogP contribution in [0.4, 0.5) is 0 Å². The number of aryl methyl sites for hydroxylation is 2. The van der Waals surface area contributed by atoms with Crippen molar-refractivity contribution in [3.63, 3.8) is 0 Å². The lowest BCUT2D eigenvalue weighted by atomic mass is 9.92. The Morgan fingerprint density at radius 1 is 1.37 bits per heavy atom. The summed E-state index contributed by atoms with van der Waals surface area (Å²) in [5.74, 6) is 0. The van der Waals surface area contributed by atoms with E-state index in [9.17, 15) is 0 Å². The summed E-state index contributed by atoms with van der Waals surface area (Å²) in [6, 6.07) is 0. The van der Waals surface area contributed by atoms with Crippen molar-refractivity contribution in [2.75, 3.05) is 19.6 Å². The molecule has 0 amide bonds. The topological polar surface area (TPSA) is 33.1 Å².